The molecule has 0 atom stereocenters. The highest BCUT2D eigenvalue weighted by Gasteiger charge is 2.14. The number of hydrogen-bond acceptors (Lipinski definition) is 3. The standard InChI is InChI=1S/C16H16N2O2S/c1-2-12-10-13(15(17)20)16(21-12)18-14(19)9-8-11-6-4-3-5-7-11/h3-10H,2H2,1H3,(H2,17,20)(H,18,19)/b9-8+. The van der Waals surface area contributed by atoms with Crippen molar-refractivity contribution in [1.82, 2.24) is 0 Å². The average molecular weight is 300 g/mol. The maximum absolute atomic E-state index is 11.9. The van der Waals surface area contributed by atoms with Crippen LogP contribution in [0.2, 0.25) is 0 Å². The minimum Gasteiger partial charge on any atom is -0.366 e. The van der Waals surface area contributed by atoms with Crippen molar-refractivity contribution < 1.29 is 9.59 Å². The van der Waals surface area contributed by atoms with Gasteiger partial charge in [-0.05, 0) is 24.1 Å². The summed E-state index contributed by atoms with van der Waals surface area (Å²) in [5.41, 5.74) is 6.61. The number of rotatable bonds is 5. The molecule has 0 spiro atoms. The highest BCUT2D eigenvalue weighted by Crippen LogP contribution is 2.28. The second-order valence-corrected chi connectivity index (χ2v) is 5.54. The fourth-order valence-corrected chi connectivity index (χ4v) is 2.79. The first-order valence-electron chi connectivity index (χ1n) is 6.56. The Kier molecular flexibility index (Phi) is 4.90. The van der Waals surface area contributed by atoms with E-state index in [1.54, 1.807) is 12.1 Å². The Morgan fingerprint density at radius 3 is 2.62 bits per heavy atom. The normalized spacial score (nSPS) is 10.7. The van der Waals surface area contributed by atoms with Gasteiger partial charge in [0.15, 0.2) is 0 Å². The van der Waals surface area contributed by atoms with E-state index in [-0.39, 0.29) is 5.91 Å². The molecule has 1 heterocycles. The molecule has 5 heteroatoms. The molecule has 3 N–H and O–H groups in total. The summed E-state index contributed by atoms with van der Waals surface area (Å²) >= 11 is 1.37. The van der Waals surface area contributed by atoms with Crippen LogP contribution in [-0.2, 0) is 11.2 Å². The second kappa shape index (κ2) is 6.85. The number of nitrogens with one attached hydrogen (secondary N) is 1. The van der Waals surface area contributed by atoms with E-state index in [2.05, 4.69) is 5.32 Å². The highest BCUT2D eigenvalue weighted by molar-refractivity contribution is 7.16. The lowest BCUT2D eigenvalue weighted by Gasteiger charge is -2.00. The van der Waals surface area contributed by atoms with Crippen LogP contribution in [0.5, 0.6) is 0 Å². The van der Waals surface area contributed by atoms with Crippen LogP contribution in [-0.4, -0.2) is 11.8 Å². The quantitative estimate of drug-likeness (QED) is 0.833. The number of nitrogens with two attached hydrogens (primary N) is 1. The highest BCUT2D eigenvalue weighted by atomic mass is 32.1. The zero-order valence-electron chi connectivity index (χ0n) is 11.6. The van der Waals surface area contributed by atoms with Crippen molar-refractivity contribution in [3.63, 3.8) is 0 Å². The molecule has 21 heavy (non-hydrogen) atoms. The SMILES string of the molecule is CCc1cc(C(N)=O)c(NC(=O)/C=C/c2ccccc2)s1. The third-order valence-corrected chi connectivity index (χ3v) is 4.06. The molecule has 4 nitrogen and oxygen atoms in total. The first-order chi connectivity index (χ1) is 10.1. The smallest absolute Gasteiger partial charge is 0.251 e. The van der Waals surface area contributed by atoms with Gasteiger partial charge in [0.2, 0.25) is 5.91 Å². The van der Waals surface area contributed by atoms with Crippen molar-refractivity contribution in [1.29, 1.82) is 0 Å². The van der Waals surface area contributed by atoms with E-state index in [1.807, 2.05) is 37.3 Å². The molecule has 0 aliphatic rings. The van der Waals surface area contributed by atoms with Gasteiger partial charge in [0.25, 0.3) is 5.91 Å². The number of carbonyl (C=O) groups is 2. The van der Waals surface area contributed by atoms with Crippen LogP contribution in [0.15, 0.2) is 42.5 Å². The lowest BCUT2D eigenvalue weighted by Crippen LogP contribution is -2.14. The number of primary amides is 1. The zero-order valence-corrected chi connectivity index (χ0v) is 12.4. The second-order valence-electron chi connectivity index (χ2n) is 4.41. The van der Waals surface area contributed by atoms with Crippen molar-refractivity contribution in [2.45, 2.75) is 13.3 Å². The number of aryl methyl sites for hydroxylation is 1. The van der Waals surface area contributed by atoms with Crippen molar-refractivity contribution in [2.24, 2.45) is 5.73 Å². The molecule has 0 aliphatic heterocycles. The fourth-order valence-electron chi connectivity index (χ4n) is 1.78. The van der Waals surface area contributed by atoms with Gasteiger partial charge in [-0.2, -0.15) is 0 Å². The number of amides is 2. The summed E-state index contributed by atoms with van der Waals surface area (Å²) in [6.45, 7) is 1.98. The Morgan fingerprint density at radius 1 is 1.29 bits per heavy atom. The van der Waals surface area contributed by atoms with Crippen LogP contribution < -0.4 is 11.1 Å². The van der Waals surface area contributed by atoms with Crippen LogP contribution in [0, 0.1) is 0 Å². The molecule has 0 saturated carbocycles. The Hall–Kier alpha value is -2.40. The average Bonchev–Trinajstić information content (AvgIpc) is 2.89. The van der Waals surface area contributed by atoms with Gasteiger partial charge in [0.05, 0.1) is 5.56 Å². The summed E-state index contributed by atoms with van der Waals surface area (Å²) < 4.78 is 0. The summed E-state index contributed by atoms with van der Waals surface area (Å²) in [6.07, 6.45) is 3.94. The molecule has 0 bridgehead atoms. The van der Waals surface area contributed by atoms with Gasteiger partial charge in [-0.15, -0.1) is 11.3 Å². The maximum Gasteiger partial charge on any atom is 0.251 e. The van der Waals surface area contributed by atoms with E-state index in [1.165, 1.54) is 17.4 Å². The fraction of sp³-hybridized carbons (Fsp3) is 0.125. The largest absolute Gasteiger partial charge is 0.366 e. The lowest BCUT2D eigenvalue weighted by atomic mass is 10.2. The van der Waals surface area contributed by atoms with Gasteiger partial charge in [-0.25, -0.2) is 0 Å². The van der Waals surface area contributed by atoms with Crippen LogP contribution in [0.3, 0.4) is 0 Å². The Bertz CT molecular complexity index is 675. The predicted molar refractivity (Wildman–Crippen MR) is 86.3 cm³/mol. The van der Waals surface area contributed by atoms with Crippen LogP contribution >= 0.6 is 11.3 Å². The number of anilines is 1. The molecule has 108 valence electrons. The third kappa shape index (κ3) is 4.03. The van der Waals surface area contributed by atoms with Crippen molar-refractivity contribution in [3.05, 3.63) is 58.5 Å². The Balaban J connectivity index is 2.11. The number of thiophene rings is 1. The first kappa shape index (κ1) is 15.0. The van der Waals surface area contributed by atoms with E-state index in [0.717, 1.165) is 16.9 Å². The van der Waals surface area contributed by atoms with Crippen molar-refractivity contribution in [3.8, 4) is 0 Å². The van der Waals surface area contributed by atoms with Crippen LogP contribution in [0.25, 0.3) is 6.08 Å². The molecule has 0 radical (unpaired) electrons. The van der Waals surface area contributed by atoms with Gasteiger partial charge in [0.1, 0.15) is 5.00 Å². The van der Waals surface area contributed by atoms with Crippen molar-refractivity contribution in [2.75, 3.05) is 5.32 Å². The van der Waals surface area contributed by atoms with E-state index in [9.17, 15) is 9.59 Å². The van der Waals surface area contributed by atoms with Gasteiger partial charge in [-0.3, -0.25) is 9.59 Å². The van der Waals surface area contributed by atoms with Crippen molar-refractivity contribution >= 4 is 34.2 Å². The maximum atomic E-state index is 11.9. The van der Waals surface area contributed by atoms with Gasteiger partial charge in [-0.1, -0.05) is 37.3 Å². The molecule has 2 amide bonds. The number of carbonyl (C=O) groups excluding carboxylic acids is 2. The van der Waals surface area contributed by atoms with Gasteiger partial charge >= 0.3 is 0 Å². The molecule has 0 unspecified atom stereocenters. The van der Waals surface area contributed by atoms with Crippen LogP contribution in [0.4, 0.5) is 5.00 Å². The first-order valence-corrected chi connectivity index (χ1v) is 7.38. The Labute approximate surface area is 127 Å². The van der Waals surface area contributed by atoms with E-state index in [0.29, 0.717) is 10.6 Å². The topological polar surface area (TPSA) is 72.2 Å². The summed E-state index contributed by atoms with van der Waals surface area (Å²) in [6, 6.07) is 11.2. The molecular formula is C16H16N2O2S. The Morgan fingerprint density at radius 2 is 2.00 bits per heavy atom. The molecule has 1 aromatic carbocycles. The third-order valence-electron chi connectivity index (χ3n) is 2.86. The summed E-state index contributed by atoms with van der Waals surface area (Å²) in [5, 5.41) is 3.21. The van der Waals surface area contributed by atoms with Gasteiger partial charge in [0, 0.05) is 11.0 Å². The molecular weight excluding hydrogens is 284 g/mol. The molecule has 2 aromatic rings. The predicted octanol–water partition coefficient (Wildman–Crippen LogP) is 3.06. The van der Waals surface area contributed by atoms with E-state index >= 15 is 0 Å². The van der Waals surface area contributed by atoms with Gasteiger partial charge < -0.3 is 11.1 Å². The minimum atomic E-state index is -0.534. The molecule has 1 aromatic heterocycles. The molecule has 0 fully saturated rings. The lowest BCUT2D eigenvalue weighted by molar-refractivity contribution is -0.111. The van der Waals surface area contributed by atoms with E-state index in [4.69, 9.17) is 5.73 Å². The summed E-state index contributed by atoms with van der Waals surface area (Å²) in [4.78, 5) is 24.3. The van der Waals surface area contributed by atoms with Crippen LogP contribution in [0.1, 0.15) is 27.7 Å². The summed E-state index contributed by atoms with van der Waals surface area (Å²) in [7, 11) is 0. The minimum absolute atomic E-state index is 0.286. The monoisotopic (exact) mass is 300 g/mol. The number of hydrogen-bond donors (Lipinski definition) is 2. The molecule has 0 aliphatic carbocycles. The zero-order chi connectivity index (χ0) is 15.2. The molecule has 2 rings (SSSR count). The molecule has 0 saturated heterocycles. The number of benzene rings is 1. The van der Waals surface area contributed by atoms with E-state index < -0.39 is 5.91 Å². The summed E-state index contributed by atoms with van der Waals surface area (Å²) in [5.74, 6) is -0.820.